The first-order valence-electron chi connectivity index (χ1n) is 10.2. The molecule has 4 rings (SSSR count). The lowest BCUT2D eigenvalue weighted by atomic mass is 9.95. The Balaban J connectivity index is 1.86. The van der Waals surface area contributed by atoms with Gasteiger partial charge in [0.15, 0.2) is 11.5 Å². The van der Waals surface area contributed by atoms with Crippen LogP contribution in [0.1, 0.15) is 29.5 Å². The predicted octanol–water partition coefficient (Wildman–Crippen LogP) is 4.44. The number of hydrogen-bond acceptors (Lipinski definition) is 7. The minimum absolute atomic E-state index is 0.0681. The van der Waals surface area contributed by atoms with Crippen molar-refractivity contribution >= 4 is 21.4 Å². The van der Waals surface area contributed by atoms with E-state index in [1.807, 2.05) is 13.0 Å². The summed E-state index contributed by atoms with van der Waals surface area (Å²) in [4.78, 5) is 5.12. The van der Waals surface area contributed by atoms with E-state index in [-0.39, 0.29) is 16.4 Å². The van der Waals surface area contributed by atoms with Crippen molar-refractivity contribution in [2.45, 2.75) is 31.1 Å². The van der Waals surface area contributed by atoms with Crippen molar-refractivity contribution in [3.63, 3.8) is 0 Å². The molecular formula is C24H25NO6S. The summed E-state index contributed by atoms with van der Waals surface area (Å²) in [6.07, 6.45) is 6.03. The summed E-state index contributed by atoms with van der Waals surface area (Å²) in [5, 5.41) is 4.20. The van der Waals surface area contributed by atoms with Gasteiger partial charge in [-0.3, -0.25) is 0 Å². The van der Waals surface area contributed by atoms with Crippen molar-refractivity contribution in [2.75, 3.05) is 21.3 Å². The molecule has 0 aromatic heterocycles. The second kappa shape index (κ2) is 8.70. The highest BCUT2D eigenvalue weighted by molar-refractivity contribution is 7.87. The lowest BCUT2D eigenvalue weighted by Crippen LogP contribution is -2.12. The fourth-order valence-corrected chi connectivity index (χ4v) is 5.05. The van der Waals surface area contributed by atoms with Gasteiger partial charge in [0.1, 0.15) is 12.0 Å². The van der Waals surface area contributed by atoms with E-state index in [1.165, 1.54) is 33.5 Å². The molecule has 0 saturated heterocycles. The molecule has 0 amide bonds. The van der Waals surface area contributed by atoms with Crippen LogP contribution in [0.25, 0.3) is 5.57 Å². The zero-order valence-corrected chi connectivity index (χ0v) is 19.3. The van der Waals surface area contributed by atoms with E-state index in [2.05, 4.69) is 11.2 Å². The minimum Gasteiger partial charge on any atom is -0.492 e. The Hall–Kier alpha value is -3.26. The summed E-state index contributed by atoms with van der Waals surface area (Å²) >= 11 is 0. The van der Waals surface area contributed by atoms with Crippen LogP contribution >= 0.6 is 0 Å². The maximum atomic E-state index is 13.0. The Kier molecular flexibility index (Phi) is 5.97. The highest BCUT2D eigenvalue weighted by atomic mass is 32.2. The van der Waals surface area contributed by atoms with E-state index < -0.39 is 10.1 Å². The number of methoxy groups -OCH3 is 2. The molecule has 0 spiro atoms. The molecule has 0 saturated carbocycles. The Morgan fingerprint density at radius 1 is 0.969 bits per heavy atom. The van der Waals surface area contributed by atoms with Crippen molar-refractivity contribution < 1.29 is 26.9 Å². The van der Waals surface area contributed by atoms with Gasteiger partial charge >= 0.3 is 10.1 Å². The van der Waals surface area contributed by atoms with E-state index in [9.17, 15) is 8.42 Å². The van der Waals surface area contributed by atoms with Crippen LogP contribution in [0.2, 0.25) is 0 Å². The Bertz CT molecular complexity index is 1240. The third kappa shape index (κ3) is 3.86. The van der Waals surface area contributed by atoms with Gasteiger partial charge in [0.25, 0.3) is 0 Å². The second-order valence-corrected chi connectivity index (χ2v) is 9.09. The van der Waals surface area contributed by atoms with Gasteiger partial charge in [-0.05, 0) is 55.5 Å². The van der Waals surface area contributed by atoms with Crippen LogP contribution in [0.15, 0.2) is 58.1 Å². The second-order valence-electron chi connectivity index (χ2n) is 7.55. The fourth-order valence-electron chi connectivity index (χ4n) is 4.12. The third-order valence-electron chi connectivity index (χ3n) is 5.58. The molecule has 0 heterocycles. The summed E-state index contributed by atoms with van der Waals surface area (Å²) in [6, 6.07) is 8.21. The molecule has 0 fully saturated rings. The molecule has 2 aliphatic rings. The largest absolute Gasteiger partial charge is 0.492 e. The van der Waals surface area contributed by atoms with Crippen LogP contribution in [0, 0.1) is 6.92 Å². The molecule has 0 aliphatic heterocycles. The zero-order chi connectivity index (χ0) is 22.9. The SMILES string of the molecule is CON=C1CCc2cc(OS(=O)(=O)c3ccc(C)cc3)c(OC)c(OC)c2C2=C1C=CC2. The van der Waals surface area contributed by atoms with Crippen LogP contribution in [-0.4, -0.2) is 35.5 Å². The van der Waals surface area contributed by atoms with Gasteiger partial charge in [-0.25, -0.2) is 0 Å². The number of oxime groups is 1. The van der Waals surface area contributed by atoms with Crippen molar-refractivity contribution in [3.05, 3.63) is 64.7 Å². The van der Waals surface area contributed by atoms with E-state index in [1.54, 1.807) is 18.2 Å². The van der Waals surface area contributed by atoms with Gasteiger partial charge in [-0.1, -0.05) is 35.0 Å². The monoisotopic (exact) mass is 455 g/mol. The van der Waals surface area contributed by atoms with Gasteiger partial charge in [0, 0.05) is 11.1 Å². The lowest BCUT2D eigenvalue weighted by Gasteiger charge is -2.20. The first-order chi connectivity index (χ1) is 15.4. The van der Waals surface area contributed by atoms with Crippen molar-refractivity contribution in [1.29, 1.82) is 0 Å². The number of allylic oxidation sites excluding steroid dienone is 4. The number of fused-ring (bicyclic) bond motifs is 2. The van der Waals surface area contributed by atoms with Crippen molar-refractivity contribution in [1.82, 2.24) is 0 Å². The predicted molar refractivity (Wildman–Crippen MR) is 122 cm³/mol. The molecule has 2 aromatic carbocycles. The molecule has 2 aromatic rings. The zero-order valence-electron chi connectivity index (χ0n) is 18.5. The van der Waals surface area contributed by atoms with E-state index in [4.69, 9.17) is 18.5 Å². The number of hydrogen-bond donors (Lipinski definition) is 0. The molecule has 0 unspecified atom stereocenters. The van der Waals surface area contributed by atoms with Gasteiger partial charge < -0.3 is 18.5 Å². The number of nitrogens with zero attached hydrogens (tertiary/aromatic N) is 1. The molecule has 2 aliphatic carbocycles. The lowest BCUT2D eigenvalue weighted by molar-refractivity contribution is 0.213. The van der Waals surface area contributed by atoms with Crippen molar-refractivity contribution in [3.8, 4) is 17.2 Å². The molecule has 0 radical (unpaired) electrons. The smallest absolute Gasteiger partial charge is 0.339 e. The average molecular weight is 456 g/mol. The highest BCUT2D eigenvalue weighted by Gasteiger charge is 2.31. The van der Waals surface area contributed by atoms with Crippen LogP contribution < -0.4 is 13.7 Å². The van der Waals surface area contributed by atoms with Gasteiger partial charge in [0.2, 0.25) is 5.75 Å². The Labute approximate surface area is 188 Å². The normalized spacial score (nSPS) is 16.4. The fraction of sp³-hybridized carbons (Fsp3) is 0.292. The maximum Gasteiger partial charge on any atom is 0.339 e. The van der Waals surface area contributed by atoms with Crippen LogP contribution in [0.3, 0.4) is 0 Å². The molecule has 168 valence electrons. The molecule has 0 bridgehead atoms. The topological polar surface area (TPSA) is 83.4 Å². The Morgan fingerprint density at radius 2 is 1.69 bits per heavy atom. The summed E-state index contributed by atoms with van der Waals surface area (Å²) in [5.41, 5.74) is 5.60. The van der Waals surface area contributed by atoms with E-state index >= 15 is 0 Å². The van der Waals surface area contributed by atoms with Crippen LogP contribution in [0.5, 0.6) is 17.2 Å². The first kappa shape index (κ1) is 22.0. The molecule has 8 heteroatoms. The summed E-state index contributed by atoms with van der Waals surface area (Å²) in [7, 11) is 0.460. The molecule has 0 N–H and O–H groups in total. The number of aryl methyl sites for hydroxylation is 2. The summed E-state index contributed by atoms with van der Waals surface area (Å²) in [6.45, 7) is 1.89. The first-order valence-corrected chi connectivity index (χ1v) is 11.6. The van der Waals surface area contributed by atoms with Crippen LogP contribution in [-0.2, 0) is 21.4 Å². The quantitative estimate of drug-likeness (QED) is 0.473. The Morgan fingerprint density at radius 3 is 2.34 bits per heavy atom. The van der Waals surface area contributed by atoms with E-state index in [0.717, 1.165) is 33.5 Å². The van der Waals surface area contributed by atoms with Gasteiger partial charge in [-0.15, -0.1) is 0 Å². The minimum atomic E-state index is -4.06. The van der Waals surface area contributed by atoms with Gasteiger partial charge in [0.05, 0.1) is 19.9 Å². The number of ether oxygens (including phenoxy) is 2. The molecule has 32 heavy (non-hydrogen) atoms. The summed E-state index contributed by atoms with van der Waals surface area (Å²) < 4.78 is 42.8. The number of benzene rings is 2. The average Bonchev–Trinajstić information content (AvgIpc) is 3.20. The third-order valence-corrected chi connectivity index (χ3v) is 6.83. The van der Waals surface area contributed by atoms with E-state index in [0.29, 0.717) is 25.0 Å². The van der Waals surface area contributed by atoms with Gasteiger partial charge in [-0.2, -0.15) is 8.42 Å². The summed E-state index contributed by atoms with van der Waals surface area (Å²) in [5.74, 6) is 0.755. The molecular weight excluding hydrogens is 430 g/mol. The number of rotatable bonds is 6. The maximum absolute atomic E-state index is 13.0. The standard InChI is InChI=1S/C24H25NO6S/c1-15-8-11-17(12-9-15)32(26,27)31-21-14-16-10-13-20(25-30-4)18-6-5-7-19(18)22(16)24(29-3)23(21)28-2/h5-6,8-9,11-12,14H,7,10,13H2,1-4H3. The molecule has 7 nitrogen and oxygen atoms in total. The van der Waals surface area contributed by atoms with Crippen molar-refractivity contribution in [2.24, 2.45) is 5.16 Å². The highest BCUT2D eigenvalue weighted by Crippen LogP contribution is 2.49. The van der Waals surface area contributed by atoms with Crippen LogP contribution in [0.4, 0.5) is 0 Å². The molecule has 0 atom stereocenters.